The van der Waals surface area contributed by atoms with Gasteiger partial charge >= 0.3 is 0 Å². The molecular weight excluding hydrogens is 362 g/mol. The lowest BCUT2D eigenvalue weighted by atomic mass is 10.3. The van der Waals surface area contributed by atoms with Gasteiger partial charge in [0.05, 0.1) is 29.5 Å². The number of carbonyl (C=O) groups is 1. The van der Waals surface area contributed by atoms with E-state index >= 15 is 0 Å². The number of rotatable bonds is 5. The molecule has 0 atom stereocenters. The van der Waals surface area contributed by atoms with Crippen LogP contribution in [-0.4, -0.2) is 37.4 Å². The summed E-state index contributed by atoms with van der Waals surface area (Å²) >= 11 is 3.43. The Bertz CT molecular complexity index is 786. The molecule has 7 nitrogen and oxygen atoms in total. The third-order valence-corrected chi connectivity index (χ3v) is 4.16. The number of amides is 1. The largest absolute Gasteiger partial charge is 0.454 e. The molecule has 0 saturated carbocycles. The predicted octanol–water partition coefficient (Wildman–Crippen LogP) is 2.29. The molecule has 1 amide bonds. The summed E-state index contributed by atoms with van der Waals surface area (Å²) < 4.78 is 9.98. The lowest BCUT2D eigenvalue weighted by Crippen LogP contribution is -2.27. The predicted molar refractivity (Wildman–Crippen MR) is 86.7 cm³/mol. The van der Waals surface area contributed by atoms with E-state index in [1.54, 1.807) is 45.8 Å². The number of furan rings is 1. The summed E-state index contributed by atoms with van der Waals surface area (Å²) in [6.07, 6.45) is 5.26. The van der Waals surface area contributed by atoms with Gasteiger partial charge in [0.2, 0.25) is 0 Å². The van der Waals surface area contributed by atoms with Crippen molar-refractivity contribution in [2.45, 2.75) is 13.1 Å². The summed E-state index contributed by atoms with van der Waals surface area (Å²) in [5, 5.41) is 8.26. The monoisotopic (exact) mass is 377 g/mol. The van der Waals surface area contributed by atoms with E-state index in [4.69, 9.17) is 4.42 Å². The third-order valence-electron chi connectivity index (χ3n) is 3.49. The molecule has 0 aromatic carbocycles. The normalized spacial score (nSPS) is 10.9. The number of nitrogens with zero attached hydrogens (tertiary/aromatic N) is 5. The van der Waals surface area contributed by atoms with Crippen LogP contribution < -0.4 is 0 Å². The number of hydrogen-bond donors (Lipinski definition) is 0. The van der Waals surface area contributed by atoms with Gasteiger partial charge in [0.25, 0.3) is 5.91 Å². The summed E-state index contributed by atoms with van der Waals surface area (Å²) in [5.74, 6) is 0.824. The molecule has 0 aliphatic carbocycles. The summed E-state index contributed by atoms with van der Waals surface area (Å²) in [6.45, 7) is 0.933. The maximum atomic E-state index is 12.5. The standard InChI is InChI=1S/C15H16BrN5O2/c1-19(10-13-12(16)8-18-20(13)2)15(22)14-5-4-11(23-14)9-21-7-3-6-17-21/h3-8H,9-10H2,1-2H3. The first-order valence-corrected chi connectivity index (χ1v) is 7.82. The molecule has 3 aromatic rings. The summed E-state index contributed by atoms with van der Waals surface area (Å²) in [6, 6.07) is 5.33. The molecule has 0 spiro atoms. The Morgan fingerprint density at radius 2 is 2.22 bits per heavy atom. The average molecular weight is 378 g/mol. The molecule has 0 aliphatic rings. The van der Waals surface area contributed by atoms with Crippen LogP contribution in [0.1, 0.15) is 22.0 Å². The van der Waals surface area contributed by atoms with E-state index in [2.05, 4.69) is 26.1 Å². The van der Waals surface area contributed by atoms with E-state index in [1.165, 1.54) is 0 Å². The second-order valence-corrected chi connectivity index (χ2v) is 6.05. The highest BCUT2D eigenvalue weighted by Crippen LogP contribution is 2.18. The van der Waals surface area contributed by atoms with E-state index in [-0.39, 0.29) is 5.91 Å². The molecule has 0 fully saturated rings. The van der Waals surface area contributed by atoms with Gasteiger partial charge in [-0.15, -0.1) is 0 Å². The molecule has 0 aliphatic heterocycles. The number of halogens is 1. The zero-order valence-electron chi connectivity index (χ0n) is 12.8. The topological polar surface area (TPSA) is 69.1 Å². The van der Waals surface area contributed by atoms with Crippen LogP contribution in [0.5, 0.6) is 0 Å². The second-order valence-electron chi connectivity index (χ2n) is 5.19. The van der Waals surface area contributed by atoms with Gasteiger partial charge in [-0.1, -0.05) is 0 Å². The van der Waals surface area contributed by atoms with Crippen molar-refractivity contribution < 1.29 is 9.21 Å². The first kappa shape index (κ1) is 15.5. The van der Waals surface area contributed by atoms with Gasteiger partial charge < -0.3 is 9.32 Å². The quantitative estimate of drug-likeness (QED) is 0.683. The average Bonchev–Trinajstić information content (AvgIpc) is 3.26. The van der Waals surface area contributed by atoms with Gasteiger partial charge in [0.15, 0.2) is 5.76 Å². The molecule has 0 radical (unpaired) electrons. The maximum absolute atomic E-state index is 12.5. The molecule has 3 aromatic heterocycles. The van der Waals surface area contributed by atoms with Crippen molar-refractivity contribution in [2.75, 3.05) is 7.05 Å². The second kappa shape index (κ2) is 6.41. The zero-order chi connectivity index (χ0) is 16.4. The van der Waals surface area contributed by atoms with E-state index < -0.39 is 0 Å². The van der Waals surface area contributed by atoms with E-state index in [0.29, 0.717) is 24.6 Å². The Labute approximate surface area is 141 Å². The van der Waals surface area contributed by atoms with E-state index in [9.17, 15) is 4.79 Å². The van der Waals surface area contributed by atoms with Crippen LogP contribution in [0.2, 0.25) is 0 Å². The maximum Gasteiger partial charge on any atom is 0.289 e. The number of aryl methyl sites for hydroxylation is 1. The molecule has 0 saturated heterocycles. The zero-order valence-corrected chi connectivity index (χ0v) is 14.4. The van der Waals surface area contributed by atoms with Crippen molar-refractivity contribution in [3.8, 4) is 0 Å². The highest BCUT2D eigenvalue weighted by atomic mass is 79.9. The minimum atomic E-state index is -0.176. The fraction of sp³-hybridized carbons (Fsp3) is 0.267. The van der Waals surface area contributed by atoms with Gasteiger partial charge in [-0.25, -0.2) is 0 Å². The van der Waals surface area contributed by atoms with Crippen LogP contribution in [0.3, 0.4) is 0 Å². The molecule has 23 heavy (non-hydrogen) atoms. The smallest absolute Gasteiger partial charge is 0.289 e. The van der Waals surface area contributed by atoms with Crippen molar-refractivity contribution in [1.29, 1.82) is 0 Å². The Balaban J connectivity index is 1.69. The molecular formula is C15H16BrN5O2. The number of carbonyl (C=O) groups excluding carboxylic acids is 1. The van der Waals surface area contributed by atoms with Gasteiger partial charge in [0, 0.05) is 26.5 Å². The van der Waals surface area contributed by atoms with Crippen LogP contribution >= 0.6 is 15.9 Å². The molecule has 0 bridgehead atoms. The first-order chi connectivity index (χ1) is 11.0. The molecule has 3 heterocycles. The van der Waals surface area contributed by atoms with Crippen molar-refractivity contribution >= 4 is 21.8 Å². The van der Waals surface area contributed by atoms with E-state index in [1.807, 2.05) is 19.3 Å². The van der Waals surface area contributed by atoms with Gasteiger partial charge in [0.1, 0.15) is 5.76 Å². The summed E-state index contributed by atoms with van der Waals surface area (Å²) in [4.78, 5) is 14.1. The molecule has 0 unspecified atom stereocenters. The minimum absolute atomic E-state index is 0.176. The van der Waals surface area contributed by atoms with Crippen molar-refractivity contribution in [1.82, 2.24) is 24.5 Å². The number of aromatic nitrogens is 4. The molecule has 8 heteroatoms. The lowest BCUT2D eigenvalue weighted by Gasteiger charge is -2.16. The summed E-state index contributed by atoms with van der Waals surface area (Å²) in [7, 11) is 3.57. The van der Waals surface area contributed by atoms with Crippen LogP contribution in [0.4, 0.5) is 0 Å². The van der Waals surface area contributed by atoms with E-state index in [0.717, 1.165) is 10.2 Å². The van der Waals surface area contributed by atoms with Gasteiger partial charge in [-0.3, -0.25) is 14.2 Å². The highest BCUT2D eigenvalue weighted by Gasteiger charge is 2.18. The highest BCUT2D eigenvalue weighted by molar-refractivity contribution is 9.10. The third kappa shape index (κ3) is 3.37. The first-order valence-electron chi connectivity index (χ1n) is 7.02. The van der Waals surface area contributed by atoms with Crippen LogP contribution in [0, 0.1) is 0 Å². The molecule has 3 rings (SSSR count). The molecule has 120 valence electrons. The van der Waals surface area contributed by atoms with Crippen molar-refractivity contribution in [2.24, 2.45) is 7.05 Å². The van der Waals surface area contributed by atoms with Crippen LogP contribution in [0.25, 0.3) is 0 Å². The SMILES string of the molecule is CN(Cc1c(Br)cnn1C)C(=O)c1ccc(Cn2cccn2)o1. The lowest BCUT2D eigenvalue weighted by molar-refractivity contribution is 0.0748. The molecule has 0 N–H and O–H groups in total. The Kier molecular flexibility index (Phi) is 4.33. The van der Waals surface area contributed by atoms with Crippen LogP contribution in [0.15, 0.2) is 45.7 Å². The van der Waals surface area contributed by atoms with Crippen LogP contribution in [-0.2, 0) is 20.1 Å². The Morgan fingerprint density at radius 3 is 2.87 bits per heavy atom. The Morgan fingerprint density at radius 1 is 1.39 bits per heavy atom. The minimum Gasteiger partial charge on any atom is -0.454 e. The fourth-order valence-electron chi connectivity index (χ4n) is 2.23. The summed E-state index contributed by atoms with van der Waals surface area (Å²) in [5.41, 5.74) is 0.921. The van der Waals surface area contributed by atoms with Gasteiger partial charge in [-0.2, -0.15) is 10.2 Å². The fourth-order valence-corrected chi connectivity index (χ4v) is 2.70. The van der Waals surface area contributed by atoms with Gasteiger partial charge in [-0.05, 0) is 34.1 Å². The van der Waals surface area contributed by atoms with Crippen molar-refractivity contribution in [3.63, 3.8) is 0 Å². The Hall–Kier alpha value is -2.35. The number of hydrogen-bond acceptors (Lipinski definition) is 4. The van der Waals surface area contributed by atoms with Crippen molar-refractivity contribution in [3.05, 3.63) is 58.5 Å².